The molecule has 5 atom stereocenters. The fourth-order valence-corrected chi connectivity index (χ4v) is 9.65. The van der Waals surface area contributed by atoms with Gasteiger partial charge in [0.05, 0.1) is 11.2 Å². The largest absolute Gasteiger partial charge is 0.465 e. The van der Waals surface area contributed by atoms with E-state index in [1.54, 1.807) is 18.1 Å². The number of terminal acetylenes is 1. The van der Waals surface area contributed by atoms with Crippen LogP contribution in [0.1, 0.15) is 79.9 Å². The third kappa shape index (κ3) is 6.01. The van der Waals surface area contributed by atoms with Crippen molar-refractivity contribution in [2.75, 3.05) is 58.1 Å². The lowest BCUT2D eigenvalue weighted by molar-refractivity contribution is -0.132. The average molecular weight is 679 g/mol. The number of rotatable bonds is 9. The molecule has 1 N–H and O–H groups in total. The monoisotopic (exact) mass is 678 g/mol. The van der Waals surface area contributed by atoms with Gasteiger partial charge in [-0.3, -0.25) is 9.59 Å². The van der Waals surface area contributed by atoms with Gasteiger partial charge in [0.15, 0.2) is 6.79 Å². The standard InChI is InChI=1S/C41H50N4O5/c1-5-19-45(39(47)35-14-12-28-9-7-8-10-34(28)42-35)26-38(46)44-22-20-43(21-23-44)36-25-32-29(24-37(36)50-27-49-4)11-13-31-30(32)15-17-40(3)33(31)16-18-41(40,48)6-2/h2,7-10,12,14,24-25,30-31,33,48H,5,11,13,15-23,26-27H2,1,3-4H3/t30?,31-,33?,40+,41+/m1/s1. The Kier molecular flexibility index (Phi) is 9.53. The normalized spacial score (nSPS) is 27.2. The van der Waals surface area contributed by atoms with Gasteiger partial charge in [-0.2, -0.15) is 0 Å². The minimum Gasteiger partial charge on any atom is -0.465 e. The maximum absolute atomic E-state index is 13.6. The Morgan fingerprint density at radius 1 is 1.08 bits per heavy atom. The summed E-state index contributed by atoms with van der Waals surface area (Å²) in [5.41, 5.74) is 3.64. The number of amides is 2. The van der Waals surface area contributed by atoms with Crippen LogP contribution in [-0.4, -0.2) is 90.5 Å². The summed E-state index contributed by atoms with van der Waals surface area (Å²) >= 11 is 0. The molecule has 0 radical (unpaired) electrons. The van der Waals surface area contributed by atoms with Crippen molar-refractivity contribution in [2.45, 2.75) is 70.3 Å². The number of aliphatic hydroxyl groups is 1. The summed E-state index contributed by atoms with van der Waals surface area (Å²) in [7, 11) is 1.63. The van der Waals surface area contributed by atoms with E-state index in [2.05, 4.69) is 34.9 Å². The quantitative estimate of drug-likeness (QED) is 0.231. The predicted octanol–water partition coefficient (Wildman–Crippen LogP) is 5.64. The summed E-state index contributed by atoms with van der Waals surface area (Å²) in [6, 6.07) is 15.9. The van der Waals surface area contributed by atoms with Crippen LogP contribution in [0.2, 0.25) is 0 Å². The van der Waals surface area contributed by atoms with Crippen molar-refractivity contribution >= 4 is 28.4 Å². The van der Waals surface area contributed by atoms with Gasteiger partial charge in [0.1, 0.15) is 23.6 Å². The summed E-state index contributed by atoms with van der Waals surface area (Å²) in [5, 5.41) is 12.4. The number of para-hydroxylation sites is 1. The molecule has 0 bridgehead atoms. The third-order valence-corrected chi connectivity index (χ3v) is 12.4. The molecule has 9 heteroatoms. The molecule has 3 aliphatic carbocycles. The molecule has 264 valence electrons. The van der Waals surface area contributed by atoms with Crippen molar-refractivity contribution in [1.82, 2.24) is 14.8 Å². The van der Waals surface area contributed by atoms with E-state index in [-0.39, 0.29) is 30.6 Å². The van der Waals surface area contributed by atoms with E-state index in [0.29, 0.717) is 62.6 Å². The zero-order valence-corrected chi connectivity index (χ0v) is 29.7. The number of fused-ring (bicyclic) bond motifs is 6. The smallest absolute Gasteiger partial charge is 0.272 e. The summed E-state index contributed by atoms with van der Waals surface area (Å²) in [6.07, 6.45) is 12.3. The first-order valence-corrected chi connectivity index (χ1v) is 18.4. The summed E-state index contributed by atoms with van der Waals surface area (Å²) in [6.45, 7) is 7.34. The fourth-order valence-electron chi connectivity index (χ4n) is 9.65. The minimum absolute atomic E-state index is 0.0280. The molecule has 2 aromatic carbocycles. The van der Waals surface area contributed by atoms with Crippen molar-refractivity contribution in [3.05, 3.63) is 65.4 Å². The third-order valence-electron chi connectivity index (χ3n) is 12.4. The summed E-state index contributed by atoms with van der Waals surface area (Å²) in [5.74, 6) is 4.67. The highest BCUT2D eigenvalue weighted by Gasteiger charge is 2.61. The molecule has 3 fully saturated rings. The van der Waals surface area contributed by atoms with Crippen molar-refractivity contribution in [3.8, 4) is 18.1 Å². The molecular formula is C41H50N4O5. The molecule has 0 spiro atoms. The molecule has 2 unspecified atom stereocenters. The first kappa shape index (κ1) is 34.3. The second-order valence-electron chi connectivity index (χ2n) is 15.0. The number of hydrogen-bond donors (Lipinski definition) is 1. The van der Waals surface area contributed by atoms with Crippen molar-refractivity contribution in [3.63, 3.8) is 0 Å². The Labute approximate surface area is 295 Å². The Morgan fingerprint density at radius 2 is 1.88 bits per heavy atom. The second-order valence-corrected chi connectivity index (χ2v) is 15.0. The van der Waals surface area contributed by atoms with E-state index < -0.39 is 5.60 Å². The second kappa shape index (κ2) is 13.9. The number of carbonyl (C=O) groups is 2. The van der Waals surface area contributed by atoms with Crippen molar-refractivity contribution in [1.29, 1.82) is 0 Å². The van der Waals surface area contributed by atoms with Gasteiger partial charge in [-0.05, 0) is 98.1 Å². The maximum atomic E-state index is 13.6. The minimum atomic E-state index is -1.02. The molecule has 2 heterocycles. The number of piperazine rings is 1. The maximum Gasteiger partial charge on any atom is 0.272 e. The number of anilines is 1. The first-order chi connectivity index (χ1) is 24.2. The zero-order valence-electron chi connectivity index (χ0n) is 29.7. The molecule has 50 heavy (non-hydrogen) atoms. The Morgan fingerprint density at radius 3 is 2.64 bits per heavy atom. The molecular weight excluding hydrogens is 628 g/mol. The first-order valence-electron chi connectivity index (χ1n) is 18.4. The van der Waals surface area contributed by atoms with Gasteiger partial charge in [0, 0.05) is 50.6 Å². The molecule has 7 rings (SSSR count). The van der Waals surface area contributed by atoms with Crippen LogP contribution in [0.3, 0.4) is 0 Å². The number of carbonyl (C=O) groups excluding carboxylic acids is 2. The number of ether oxygens (including phenoxy) is 2. The molecule has 2 saturated carbocycles. The fraction of sp³-hybridized carbons (Fsp3) is 0.537. The van der Waals surface area contributed by atoms with Crippen LogP contribution in [0.25, 0.3) is 10.9 Å². The Bertz CT molecular complexity index is 1800. The van der Waals surface area contributed by atoms with Crippen LogP contribution in [-0.2, 0) is 16.0 Å². The van der Waals surface area contributed by atoms with E-state index in [0.717, 1.165) is 60.9 Å². The average Bonchev–Trinajstić information content (AvgIpc) is 3.43. The zero-order chi connectivity index (χ0) is 35.0. The lowest BCUT2D eigenvalue weighted by Gasteiger charge is -2.52. The van der Waals surface area contributed by atoms with Gasteiger partial charge in [-0.15, -0.1) is 6.42 Å². The van der Waals surface area contributed by atoms with E-state index in [4.69, 9.17) is 15.9 Å². The number of pyridine rings is 1. The number of benzene rings is 2. The van der Waals surface area contributed by atoms with E-state index in [9.17, 15) is 14.7 Å². The van der Waals surface area contributed by atoms with Gasteiger partial charge in [-0.1, -0.05) is 44.0 Å². The Balaban J connectivity index is 1.06. The number of hydrogen-bond acceptors (Lipinski definition) is 7. The topological polar surface area (TPSA) is 95.4 Å². The number of aromatic nitrogens is 1. The summed E-state index contributed by atoms with van der Waals surface area (Å²) in [4.78, 5) is 37.6. The summed E-state index contributed by atoms with van der Waals surface area (Å²) < 4.78 is 11.5. The number of methoxy groups -OCH3 is 1. The highest BCUT2D eigenvalue weighted by atomic mass is 16.7. The molecule has 4 aliphatic rings. The predicted molar refractivity (Wildman–Crippen MR) is 194 cm³/mol. The molecule has 1 saturated heterocycles. The van der Waals surface area contributed by atoms with Crippen LogP contribution in [0.5, 0.6) is 5.75 Å². The van der Waals surface area contributed by atoms with Crippen LogP contribution >= 0.6 is 0 Å². The van der Waals surface area contributed by atoms with E-state index >= 15 is 0 Å². The number of aryl methyl sites for hydroxylation is 1. The lowest BCUT2D eigenvalue weighted by atomic mass is 9.53. The number of nitrogens with zero attached hydrogens (tertiary/aromatic N) is 4. The Hall–Kier alpha value is -4.13. The van der Waals surface area contributed by atoms with Gasteiger partial charge < -0.3 is 29.3 Å². The molecule has 9 nitrogen and oxygen atoms in total. The van der Waals surface area contributed by atoms with Gasteiger partial charge in [0.2, 0.25) is 5.91 Å². The van der Waals surface area contributed by atoms with Crippen molar-refractivity contribution < 1.29 is 24.2 Å². The van der Waals surface area contributed by atoms with Crippen LogP contribution < -0.4 is 9.64 Å². The van der Waals surface area contributed by atoms with Crippen LogP contribution in [0.4, 0.5) is 5.69 Å². The highest BCUT2D eigenvalue weighted by Crippen LogP contribution is 2.64. The molecule has 2 amide bonds. The molecule has 3 aromatic rings. The highest BCUT2D eigenvalue weighted by molar-refractivity contribution is 5.97. The molecule has 1 aliphatic heterocycles. The van der Waals surface area contributed by atoms with E-state index in [1.165, 1.54) is 11.1 Å². The SMILES string of the molecule is C#C[C@]1(O)CCC2[C@@H]3CCc4cc(OCOC)c(N5CCN(C(=O)CN(CCC)C(=O)c6ccc7ccccc7n6)CC5)cc4C3CC[C@@]21C. The van der Waals surface area contributed by atoms with Crippen LogP contribution in [0.15, 0.2) is 48.5 Å². The van der Waals surface area contributed by atoms with Gasteiger partial charge in [-0.25, -0.2) is 4.98 Å². The van der Waals surface area contributed by atoms with Crippen molar-refractivity contribution in [2.24, 2.45) is 17.3 Å². The molecule has 1 aromatic heterocycles. The van der Waals surface area contributed by atoms with E-state index in [1.807, 2.05) is 42.2 Å². The van der Waals surface area contributed by atoms with Crippen LogP contribution in [0, 0.1) is 29.6 Å². The lowest BCUT2D eigenvalue weighted by Crippen LogP contribution is -2.52. The van der Waals surface area contributed by atoms with Gasteiger partial charge in [0.25, 0.3) is 5.91 Å². The van der Waals surface area contributed by atoms with Gasteiger partial charge >= 0.3 is 0 Å².